The zero-order chi connectivity index (χ0) is 10.8. The maximum absolute atomic E-state index is 11.9. The van der Waals surface area contributed by atoms with Gasteiger partial charge in [-0.3, -0.25) is 4.79 Å². The first-order chi connectivity index (χ1) is 7.18. The number of rotatable bonds is 1. The Morgan fingerprint density at radius 3 is 3.07 bits per heavy atom. The van der Waals surface area contributed by atoms with Crippen molar-refractivity contribution in [3.05, 3.63) is 5.82 Å². The monoisotopic (exact) mass is 210 g/mol. The number of aromatic nitrogens is 4. The fourth-order valence-electron chi connectivity index (χ4n) is 1.89. The number of carbonyl (C=O) groups is 1. The van der Waals surface area contributed by atoms with Crippen LogP contribution in [0.15, 0.2) is 0 Å². The summed E-state index contributed by atoms with van der Waals surface area (Å²) in [5.41, 5.74) is 5.82. The van der Waals surface area contributed by atoms with Gasteiger partial charge in [-0.25, -0.2) is 0 Å². The molecule has 1 fully saturated rings. The lowest BCUT2D eigenvalue weighted by Gasteiger charge is -2.35. The first-order valence-electron chi connectivity index (χ1n) is 4.98. The number of hydrogen-bond acceptors (Lipinski definition) is 5. The Hall–Kier alpha value is -1.50. The van der Waals surface area contributed by atoms with E-state index in [1.807, 2.05) is 6.92 Å². The molecule has 0 bridgehead atoms. The third-order valence-corrected chi connectivity index (χ3v) is 2.71. The van der Waals surface area contributed by atoms with Crippen LogP contribution in [-0.2, 0) is 0 Å². The Kier molecular flexibility index (Phi) is 2.63. The second kappa shape index (κ2) is 3.93. The van der Waals surface area contributed by atoms with Gasteiger partial charge in [0.2, 0.25) is 0 Å². The van der Waals surface area contributed by atoms with Gasteiger partial charge in [-0.15, -0.1) is 10.2 Å². The van der Waals surface area contributed by atoms with E-state index < -0.39 is 0 Å². The molecule has 2 rings (SSSR count). The molecule has 0 aromatic carbocycles. The van der Waals surface area contributed by atoms with Crippen LogP contribution in [0.25, 0.3) is 0 Å². The minimum Gasteiger partial charge on any atom is -0.333 e. The van der Waals surface area contributed by atoms with Crippen molar-refractivity contribution in [1.82, 2.24) is 25.5 Å². The van der Waals surface area contributed by atoms with Gasteiger partial charge < -0.3 is 10.6 Å². The highest BCUT2D eigenvalue weighted by atomic mass is 16.2. The molecule has 1 aliphatic heterocycles. The quantitative estimate of drug-likeness (QED) is 0.629. The molecule has 0 spiro atoms. The molecule has 1 amide bonds. The summed E-state index contributed by atoms with van der Waals surface area (Å²) in [6, 6.07) is 0.328. The zero-order valence-corrected chi connectivity index (χ0v) is 8.55. The van der Waals surface area contributed by atoms with Gasteiger partial charge in [0.05, 0.1) is 0 Å². The maximum atomic E-state index is 11.9. The minimum absolute atomic E-state index is 0.123. The molecule has 0 aliphatic carbocycles. The van der Waals surface area contributed by atoms with E-state index in [-0.39, 0.29) is 23.8 Å². The number of tetrazole rings is 1. The molecular weight excluding hydrogens is 196 g/mol. The molecule has 0 saturated carbocycles. The van der Waals surface area contributed by atoms with Crippen LogP contribution in [0.1, 0.15) is 30.4 Å². The molecule has 7 nitrogen and oxygen atoms in total. The molecule has 2 unspecified atom stereocenters. The lowest BCUT2D eigenvalue weighted by atomic mass is 9.99. The van der Waals surface area contributed by atoms with Crippen LogP contribution in [0.2, 0.25) is 0 Å². The lowest BCUT2D eigenvalue weighted by molar-refractivity contribution is 0.0606. The Bertz CT molecular complexity index is 337. The first kappa shape index (κ1) is 10.0. The van der Waals surface area contributed by atoms with E-state index in [2.05, 4.69) is 20.6 Å². The van der Waals surface area contributed by atoms with Crippen LogP contribution in [0, 0.1) is 0 Å². The van der Waals surface area contributed by atoms with Crippen molar-refractivity contribution in [2.75, 3.05) is 6.54 Å². The number of nitrogens with two attached hydrogens (primary N) is 1. The molecule has 1 aliphatic rings. The second-order valence-corrected chi connectivity index (χ2v) is 3.87. The van der Waals surface area contributed by atoms with Crippen molar-refractivity contribution < 1.29 is 4.79 Å². The summed E-state index contributed by atoms with van der Waals surface area (Å²) in [6.07, 6.45) is 1.65. The van der Waals surface area contributed by atoms with Crippen molar-refractivity contribution in [2.24, 2.45) is 5.73 Å². The second-order valence-electron chi connectivity index (χ2n) is 3.87. The largest absolute Gasteiger partial charge is 0.333 e. The first-order valence-corrected chi connectivity index (χ1v) is 4.98. The van der Waals surface area contributed by atoms with E-state index in [0.717, 1.165) is 12.8 Å². The standard InChI is InChI=1S/C8H14N6O/c1-5-4-6(9)2-3-14(5)8(15)7-10-12-13-11-7/h5-6H,2-4,9H2,1H3,(H,10,11,12,13). The van der Waals surface area contributed by atoms with Gasteiger partial charge in [0.15, 0.2) is 0 Å². The Labute approximate surface area is 87.0 Å². The molecule has 82 valence electrons. The summed E-state index contributed by atoms with van der Waals surface area (Å²) in [5.74, 6) is -0.0551. The summed E-state index contributed by atoms with van der Waals surface area (Å²) in [5, 5.41) is 13.0. The maximum Gasteiger partial charge on any atom is 0.295 e. The predicted octanol–water partition coefficient (Wildman–Crippen LogP) is -0.848. The number of H-pyrrole nitrogens is 1. The van der Waals surface area contributed by atoms with Gasteiger partial charge in [0.25, 0.3) is 11.7 Å². The molecule has 1 aromatic rings. The van der Waals surface area contributed by atoms with Crippen LogP contribution in [0.5, 0.6) is 0 Å². The van der Waals surface area contributed by atoms with Crippen molar-refractivity contribution in [3.8, 4) is 0 Å². The number of likely N-dealkylation sites (tertiary alicyclic amines) is 1. The average Bonchev–Trinajstić information content (AvgIpc) is 2.69. The lowest BCUT2D eigenvalue weighted by Crippen LogP contribution is -2.48. The third kappa shape index (κ3) is 1.96. The van der Waals surface area contributed by atoms with Gasteiger partial charge in [0.1, 0.15) is 0 Å². The number of aromatic amines is 1. The highest BCUT2D eigenvalue weighted by molar-refractivity contribution is 5.90. The Balaban J connectivity index is 2.08. The number of amides is 1. The summed E-state index contributed by atoms with van der Waals surface area (Å²) in [7, 11) is 0. The van der Waals surface area contributed by atoms with Crippen molar-refractivity contribution >= 4 is 5.91 Å². The summed E-state index contributed by atoms with van der Waals surface area (Å²) < 4.78 is 0. The van der Waals surface area contributed by atoms with E-state index in [1.165, 1.54) is 0 Å². The third-order valence-electron chi connectivity index (χ3n) is 2.71. The van der Waals surface area contributed by atoms with E-state index in [1.54, 1.807) is 4.90 Å². The summed E-state index contributed by atoms with van der Waals surface area (Å²) in [6.45, 7) is 2.65. The molecule has 2 atom stereocenters. The topological polar surface area (TPSA) is 101 Å². The fraction of sp³-hybridized carbons (Fsp3) is 0.750. The van der Waals surface area contributed by atoms with Crippen molar-refractivity contribution in [1.29, 1.82) is 0 Å². The van der Waals surface area contributed by atoms with E-state index in [0.29, 0.717) is 6.54 Å². The summed E-state index contributed by atoms with van der Waals surface area (Å²) >= 11 is 0. The predicted molar refractivity (Wildman–Crippen MR) is 51.9 cm³/mol. The Morgan fingerprint density at radius 2 is 2.47 bits per heavy atom. The van der Waals surface area contributed by atoms with Crippen molar-refractivity contribution in [3.63, 3.8) is 0 Å². The number of piperidine rings is 1. The molecule has 0 radical (unpaired) electrons. The van der Waals surface area contributed by atoms with Gasteiger partial charge in [-0.2, -0.15) is 5.21 Å². The molecule has 7 heteroatoms. The number of nitrogens with one attached hydrogen (secondary N) is 1. The zero-order valence-electron chi connectivity index (χ0n) is 8.55. The van der Waals surface area contributed by atoms with E-state index >= 15 is 0 Å². The number of carbonyl (C=O) groups excluding carboxylic acids is 1. The van der Waals surface area contributed by atoms with Gasteiger partial charge in [-0.05, 0) is 25.0 Å². The van der Waals surface area contributed by atoms with Crippen LogP contribution in [0.3, 0.4) is 0 Å². The van der Waals surface area contributed by atoms with Crippen LogP contribution in [0.4, 0.5) is 0 Å². The average molecular weight is 210 g/mol. The minimum atomic E-state index is -0.178. The van der Waals surface area contributed by atoms with E-state index in [4.69, 9.17) is 5.73 Å². The highest BCUT2D eigenvalue weighted by Crippen LogP contribution is 2.17. The van der Waals surface area contributed by atoms with Crippen molar-refractivity contribution in [2.45, 2.75) is 31.8 Å². The van der Waals surface area contributed by atoms with Gasteiger partial charge >= 0.3 is 0 Å². The molecule has 1 aromatic heterocycles. The smallest absolute Gasteiger partial charge is 0.295 e. The molecule has 15 heavy (non-hydrogen) atoms. The molecule has 3 N–H and O–H groups in total. The van der Waals surface area contributed by atoms with E-state index in [9.17, 15) is 4.79 Å². The molecule has 1 saturated heterocycles. The molecule has 2 heterocycles. The number of hydrogen-bond donors (Lipinski definition) is 2. The number of nitrogens with zero attached hydrogens (tertiary/aromatic N) is 4. The normalized spacial score (nSPS) is 26.7. The highest BCUT2D eigenvalue weighted by Gasteiger charge is 2.29. The Morgan fingerprint density at radius 1 is 1.67 bits per heavy atom. The SMILES string of the molecule is CC1CC(N)CCN1C(=O)c1nn[nH]n1. The van der Waals surface area contributed by atoms with Crippen LogP contribution >= 0.6 is 0 Å². The van der Waals surface area contributed by atoms with Gasteiger partial charge in [0, 0.05) is 18.6 Å². The molecular formula is C8H14N6O. The summed E-state index contributed by atoms with van der Waals surface area (Å²) in [4.78, 5) is 13.6. The van der Waals surface area contributed by atoms with Gasteiger partial charge in [-0.1, -0.05) is 0 Å². The van der Waals surface area contributed by atoms with Crippen LogP contribution in [-0.4, -0.2) is 50.1 Å². The van der Waals surface area contributed by atoms with Crippen LogP contribution < -0.4 is 5.73 Å². The fourth-order valence-corrected chi connectivity index (χ4v) is 1.89.